The Balaban J connectivity index is 2.16. The van der Waals surface area contributed by atoms with Crippen molar-refractivity contribution < 1.29 is 9.18 Å². The SMILES string of the molecule is CC(C)(NC(=O)c1cc(N)ccc1F)C1CC1. The van der Waals surface area contributed by atoms with Crippen molar-refractivity contribution in [2.75, 3.05) is 5.73 Å². The first-order chi connectivity index (χ1) is 7.90. The van der Waals surface area contributed by atoms with Crippen LogP contribution < -0.4 is 11.1 Å². The first-order valence-corrected chi connectivity index (χ1v) is 5.77. The molecule has 1 aliphatic rings. The summed E-state index contributed by atoms with van der Waals surface area (Å²) in [5.74, 6) is -0.439. The molecular weight excluding hydrogens is 219 g/mol. The number of hydrogen-bond donors (Lipinski definition) is 2. The molecule has 0 aliphatic heterocycles. The molecule has 2 rings (SSSR count). The minimum atomic E-state index is -0.539. The van der Waals surface area contributed by atoms with Gasteiger partial charge in [0.15, 0.2) is 0 Å². The Morgan fingerprint density at radius 2 is 2.12 bits per heavy atom. The fourth-order valence-corrected chi connectivity index (χ4v) is 1.98. The van der Waals surface area contributed by atoms with Gasteiger partial charge in [-0.3, -0.25) is 4.79 Å². The van der Waals surface area contributed by atoms with Crippen LogP contribution in [0.5, 0.6) is 0 Å². The Hall–Kier alpha value is -1.58. The predicted octanol–water partition coefficient (Wildman–Crippen LogP) is 2.33. The van der Waals surface area contributed by atoms with E-state index >= 15 is 0 Å². The van der Waals surface area contributed by atoms with E-state index in [1.165, 1.54) is 18.2 Å². The smallest absolute Gasteiger partial charge is 0.254 e. The Morgan fingerprint density at radius 3 is 2.71 bits per heavy atom. The van der Waals surface area contributed by atoms with E-state index in [0.29, 0.717) is 11.6 Å². The normalized spacial score (nSPS) is 15.7. The molecule has 3 nitrogen and oxygen atoms in total. The molecule has 0 unspecified atom stereocenters. The van der Waals surface area contributed by atoms with Crippen molar-refractivity contribution in [1.29, 1.82) is 0 Å². The molecule has 92 valence electrons. The van der Waals surface area contributed by atoms with Crippen LogP contribution in [-0.4, -0.2) is 11.4 Å². The van der Waals surface area contributed by atoms with Gasteiger partial charge in [-0.05, 0) is 50.8 Å². The first kappa shape index (κ1) is 11.9. The molecule has 0 spiro atoms. The lowest BCUT2D eigenvalue weighted by Crippen LogP contribution is -2.45. The van der Waals surface area contributed by atoms with Crippen LogP contribution in [0, 0.1) is 11.7 Å². The van der Waals surface area contributed by atoms with E-state index in [1.807, 2.05) is 13.8 Å². The number of nitrogens with two attached hydrogens (primary N) is 1. The number of carbonyl (C=O) groups is 1. The quantitative estimate of drug-likeness (QED) is 0.791. The van der Waals surface area contributed by atoms with E-state index in [1.54, 1.807) is 0 Å². The van der Waals surface area contributed by atoms with Gasteiger partial charge in [0.2, 0.25) is 0 Å². The van der Waals surface area contributed by atoms with Crippen molar-refractivity contribution in [3.8, 4) is 0 Å². The number of amides is 1. The number of nitrogen functional groups attached to an aromatic ring is 1. The second-order valence-electron chi connectivity index (χ2n) is 5.19. The maximum absolute atomic E-state index is 13.5. The van der Waals surface area contributed by atoms with Crippen LogP contribution in [0.25, 0.3) is 0 Å². The fourth-order valence-electron chi connectivity index (χ4n) is 1.98. The van der Waals surface area contributed by atoms with Crippen LogP contribution in [0.15, 0.2) is 18.2 Å². The van der Waals surface area contributed by atoms with E-state index < -0.39 is 11.7 Å². The topological polar surface area (TPSA) is 55.1 Å². The van der Waals surface area contributed by atoms with Crippen LogP contribution in [0.3, 0.4) is 0 Å². The molecule has 17 heavy (non-hydrogen) atoms. The molecule has 1 aromatic carbocycles. The summed E-state index contributed by atoms with van der Waals surface area (Å²) in [5, 5.41) is 2.87. The highest BCUT2D eigenvalue weighted by atomic mass is 19.1. The summed E-state index contributed by atoms with van der Waals surface area (Å²) in [6, 6.07) is 4.03. The molecule has 1 aliphatic carbocycles. The summed E-state index contributed by atoms with van der Waals surface area (Å²) in [5.41, 5.74) is 5.67. The average Bonchev–Trinajstić information content (AvgIpc) is 3.04. The minimum Gasteiger partial charge on any atom is -0.399 e. The minimum absolute atomic E-state index is 0.0127. The molecular formula is C13H17FN2O. The average molecular weight is 236 g/mol. The van der Waals surface area contributed by atoms with E-state index in [-0.39, 0.29) is 11.1 Å². The molecule has 1 saturated carbocycles. The lowest BCUT2D eigenvalue weighted by molar-refractivity contribution is 0.0899. The molecule has 1 amide bonds. The van der Waals surface area contributed by atoms with Gasteiger partial charge in [-0.2, -0.15) is 0 Å². The Bertz CT molecular complexity index is 453. The van der Waals surface area contributed by atoms with Gasteiger partial charge in [0, 0.05) is 11.2 Å². The van der Waals surface area contributed by atoms with Crippen LogP contribution in [0.1, 0.15) is 37.0 Å². The van der Waals surface area contributed by atoms with Gasteiger partial charge in [0.25, 0.3) is 5.91 Å². The van der Waals surface area contributed by atoms with Gasteiger partial charge in [0.1, 0.15) is 5.82 Å². The highest BCUT2D eigenvalue weighted by Crippen LogP contribution is 2.39. The molecule has 0 atom stereocenters. The standard InChI is InChI=1S/C13H17FN2O/c1-13(2,8-3-4-8)16-12(17)10-7-9(15)5-6-11(10)14/h5-8H,3-4,15H2,1-2H3,(H,16,17). The number of nitrogens with one attached hydrogen (secondary N) is 1. The number of rotatable bonds is 3. The Labute approximate surface area is 100 Å². The fraction of sp³-hybridized carbons (Fsp3) is 0.462. The second kappa shape index (κ2) is 4.02. The Morgan fingerprint density at radius 1 is 1.47 bits per heavy atom. The molecule has 3 N–H and O–H groups in total. The van der Waals surface area contributed by atoms with Gasteiger partial charge in [-0.15, -0.1) is 0 Å². The van der Waals surface area contributed by atoms with E-state index in [4.69, 9.17) is 5.73 Å². The van der Waals surface area contributed by atoms with Gasteiger partial charge in [0.05, 0.1) is 5.56 Å². The Kier molecular flexibility index (Phi) is 2.81. The zero-order valence-electron chi connectivity index (χ0n) is 10.1. The number of carbonyl (C=O) groups excluding carboxylic acids is 1. The second-order valence-corrected chi connectivity index (χ2v) is 5.19. The summed E-state index contributed by atoms with van der Waals surface area (Å²) in [6.45, 7) is 3.93. The summed E-state index contributed by atoms with van der Waals surface area (Å²) < 4.78 is 13.5. The zero-order chi connectivity index (χ0) is 12.6. The summed E-state index contributed by atoms with van der Waals surface area (Å²) in [7, 11) is 0. The summed E-state index contributed by atoms with van der Waals surface area (Å²) in [4.78, 5) is 12.0. The number of hydrogen-bond acceptors (Lipinski definition) is 2. The highest BCUT2D eigenvalue weighted by Gasteiger charge is 2.39. The lowest BCUT2D eigenvalue weighted by atomic mass is 9.98. The number of anilines is 1. The molecule has 0 radical (unpaired) electrons. The zero-order valence-corrected chi connectivity index (χ0v) is 10.1. The molecule has 1 fully saturated rings. The lowest BCUT2D eigenvalue weighted by Gasteiger charge is -2.26. The number of benzene rings is 1. The molecule has 0 heterocycles. The van der Waals surface area contributed by atoms with Gasteiger partial charge >= 0.3 is 0 Å². The third-order valence-electron chi connectivity index (χ3n) is 3.27. The van der Waals surface area contributed by atoms with Crippen LogP contribution in [0.2, 0.25) is 0 Å². The van der Waals surface area contributed by atoms with Gasteiger partial charge < -0.3 is 11.1 Å². The van der Waals surface area contributed by atoms with E-state index in [0.717, 1.165) is 12.8 Å². The third-order valence-corrected chi connectivity index (χ3v) is 3.27. The van der Waals surface area contributed by atoms with Crippen molar-refractivity contribution in [2.24, 2.45) is 5.92 Å². The largest absolute Gasteiger partial charge is 0.399 e. The molecule has 0 aromatic heterocycles. The predicted molar refractivity (Wildman–Crippen MR) is 65.1 cm³/mol. The van der Waals surface area contributed by atoms with Crippen molar-refractivity contribution in [3.05, 3.63) is 29.6 Å². The van der Waals surface area contributed by atoms with Crippen LogP contribution >= 0.6 is 0 Å². The van der Waals surface area contributed by atoms with Crippen molar-refractivity contribution in [1.82, 2.24) is 5.32 Å². The maximum Gasteiger partial charge on any atom is 0.254 e. The summed E-state index contributed by atoms with van der Waals surface area (Å²) in [6.07, 6.45) is 2.24. The van der Waals surface area contributed by atoms with Gasteiger partial charge in [-0.1, -0.05) is 0 Å². The molecule has 4 heteroatoms. The first-order valence-electron chi connectivity index (χ1n) is 5.77. The summed E-state index contributed by atoms with van der Waals surface area (Å²) >= 11 is 0. The van der Waals surface area contributed by atoms with Crippen molar-refractivity contribution >= 4 is 11.6 Å². The molecule has 0 bridgehead atoms. The molecule has 1 aromatic rings. The van der Waals surface area contributed by atoms with Gasteiger partial charge in [-0.25, -0.2) is 4.39 Å². The third kappa shape index (κ3) is 2.57. The highest BCUT2D eigenvalue weighted by molar-refractivity contribution is 5.95. The molecule has 0 saturated heterocycles. The van der Waals surface area contributed by atoms with E-state index in [2.05, 4.69) is 5.32 Å². The van der Waals surface area contributed by atoms with Crippen LogP contribution in [0.4, 0.5) is 10.1 Å². The van der Waals surface area contributed by atoms with E-state index in [9.17, 15) is 9.18 Å². The number of halogens is 1. The maximum atomic E-state index is 13.5. The van der Waals surface area contributed by atoms with Crippen molar-refractivity contribution in [2.45, 2.75) is 32.2 Å². The van der Waals surface area contributed by atoms with Crippen molar-refractivity contribution in [3.63, 3.8) is 0 Å². The van der Waals surface area contributed by atoms with Crippen LogP contribution in [-0.2, 0) is 0 Å². The monoisotopic (exact) mass is 236 g/mol.